The lowest BCUT2D eigenvalue weighted by Crippen LogP contribution is -2.54. The van der Waals surface area contributed by atoms with E-state index in [-0.39, 0.29) is 23.4 Å². The molecule has 1 atom stereocenters. The quantitative estimate of drug-likeness (QED) is 0.875. The summed E-state index contributed by atoms with van der Waals surface area (Å²) in [6.07, 6.45) is 0.801. The Labute approximate surface area is 137 Å². The first kappa shape index (κ1) is 17.3. The van der Waals surface area contributed by atoms with Gasteiger partial charge in [-0.3, -0.25) is 4.79 Å². The van der Waals surface area contributed by atoms with Crippen molar-refractivity contribution in [1.29, 1.82) is 0 Å². The number of nitrogens with zero attached hydrogens (tertiary/aromatic N) is 2. The van der Waals surface area contributed by atoms with E-state index < -0.39 is 0 Å². The molecule has 1 heterocycles. The Bertz CT molecular complexity index is 598. The van der Waals surface area contributed by atoms with Crippen molar-refractivity contribution < 1.29 is 9.59 Å². The fourth-order valence-electron chi connectivity index (χ4n) is 2.70. The highest BCUT2D eigenvalue weighted by Crippen LogP contribution is 2.28. The number of rotatable bonds is 2. The van der Waals surface area contributed by atoms with Crippen molar-refractivity contribution in [2.75, 3.05) is 32.5 Å². The van der Waals surface area contributed by atoms with Gasteiger partial charge in [0.25, 0.3) is 5.91 Å². The van der Waals surface area contributed by atoms with Crippen LogP contribution in [0, 0.1) is 5.41 Å². The summed E-state index contributed by atoms with van der Waals surface area (Å²) in [4.78, 5) is 27.7. The number of carbonyl (C=O) groups excluding carboxylic acids is 2. The number of urea groups is 1. The van der Waals surface area contributed by atoms with E-state index in [0.717, 1.165) is 6.42 Å². The number of carbonyl (C=O) groups is 2. The van der Waals surface area contributed by atoms with Crippen LogP contribution in [-0.4, -0.2) is 55.0 Å². The van der Waals surface area contributed by atoms with E-state index in [9.17, 15) is 9.59 Å². The molecule has 0 saturated carbocycles. The Kier molecular flexibility index (Phi) is 4.94. The van der Waals surface area contributed by atoms with Crippen LogP contribution in [0.3, 0.4) is 0 Å². The summed E-state index contributed by atoms with van der Waals surface area (Å²) in [6, 6.07) is 6.92. The lowest BCUT2D eigenvalue weighted by Gasteiger charge is -2.42. The van der Waals surface area contributed by atoms with Crippen molar-refractivity contribution in [3.63, 3.8) is 0 Å². The van der Waals surface area contributed by atoms with Gasteiger partial charge in [0.2, 0.25) is 0 Å². The van der Waals surface area contributed by atoms with Crippen molar-refractivity contribution in [3.8, 4) is 0 Å². The fourth-order valence-corrected chi connectivity index (χ4v) is 2.70. The minimum Gasteiger partial charge on any atom is -0.338 e. The molecule has 6 nitrogen and oxygen atoms in total. The zero-order valence-electron chi connectivity index (χ0n) is 14.3. The number of piperidine rings is 1. The summed E-state index contributed by atoms with van der Waals surface area (Å²) in [7, 11) is 3.34. The van der Waals surface area contributed by atoms with Gasteiger partial charge < -0.3 is 20.9 Å². The summed E-state index contributed by atoms with van der Waals surface area (Å²) >= 11 is 0. The predicted octanol–water partition coefficient (Wildman–Crippen LogP) is 1.98. The summed E-state index contributed by atoms with van der Waals surface area (Å²) in [5.41, 5.74) is 7.23. The smallest absolute Gasteiger partial charge is 0.321 e. The highest BCUT2D eigenvalue weighted by atomic mass is 16.2. The maximum absolute atomic E-state index is 12.7. The molecule has 3 amide bonds. The summed E-state index contributed by atoms with van der Waals surface area (Å²) in [5, 5.41) is 2.76. The third-order valence-electron chi connectivity index (χ3n) is 4.37. The maximum atomic E-state index is 12.7. The largest absolute Gasteiger partial charge is 0.338 e. The minimum absolute atomic E-state index is 0.0223. The van der Waals surface area contributed by atoms with E-state index in [2.05, 4.69) is 19.2 Å². The van der Waals surface area contributed by atoms with E-state index in [4.69, 9.17) is 5.73 Å². The Morgan fingerprint density at radius 1 is 1.35 bits per heavy atom. The van der Waals surface area contributed by atoms with E-state index in [0.29, 0.717) is 24.3 Å². The second kappa shape index (κ2) is 6.58. The molecule has 1 unspecified atom stereocenters. The second-order valence-corrected chi connectivity index (χ2v) is 7.02. The molecule has 0 radical (unpaired) electrons. The standard InChI is InChI=1S/C17H26N4O2/c1-17(2)11-21(9-8-14(17)18)15(22)12-6-5-7-13(10-12)19-16(23)20(3)4/h5-7,10,14H,8-9,11,18H2,1-4H3,(H,19,23). The van der Waals surface area contributed by atoms with Gasteiger partial charge in [-0.1, -0.05) is 19.9 Å². The average Bonchev–Trinajstić information content (AvgIpc) is 2.49. The lowest BCUT2D eigenvalue weighted by atomic mass is 9.79. The molecular formula is C17H26N4O2. The zero-order chi connectivity index (χ0) is 17.2. The molecule has 1 saturated heterocycles. The summed E-state index contributed by atoms with van der Waals surface area (Å²) in [6.45, 7) is 5.48. The van der Waals surface area contributed by atoms with Gasteiger partial charge >= 0.3 is 6.03 Å². The van der Waals surface area contributed by atoms with Crippen molar-refractivity contribution >= 4 is 17.6 Å². The van der Waals surface area contributed by atoms with Crippen molar-refractivity contribution in [2.24, 2.45) is 11.1 Å². The molecule has 1 fully saturated rings. The molecule has 1 aromatic rings. The van der Waals surface area contributed by atoms with Crippen LogP contribution in [-0.2, 0) is 0 Å². The van der Waals surface area contributed by atoms with Gasteiger partial charge in [0.15, 0.2) is 0 Å². The SMILES string of the molecule is CN(C)C(=O)Nc1cccc(C(=O)N2CCC(N)C(C)(C)C2)c1. The Morgan fingerprint density at radius 2 is 2.04 bits per heavy atom. The monoisotopic (exact) mass is 318 g/mol. The van der Waals surface area contributed by atoms with Gasteiger partial charge in [0.05, 0.1) is 0 Å². The number of anilines is 1. The maximum Gasteiger partial charge on any atom is 0.321 e. The number of nitrogens with two attached hydrogens (primary N) is 1. The molecule has 6 heteroatoms. The van der Waals surface area contributed by atoms with E-state index in [1.807, 2.05) is 4.90 Å². The van der Waals surface area contributed by atoms with Crippen LogP contribution in [0.15, 0.2) is 24.3 Å². The van der Waals surface area contributed by atoms with Crippen LogP contribution in [0.2, 0.25) is 0 Å². The summed E-state index contributed by atoms with van der Waals surface area (Å²) < 4.78 is 0. The molecule has 0 bridgehead atoms. The van der Waals surface area contributed by atoms with Gasteiger partial charge in [0, 0.05) is 44.5 Å². The van der Waals surface area contributed by atoms with Gasteiger partial charge in [-0.05, 0) is 30.0 Å². The van der Waals surface area contributed by atoms with E-state index in [1.54, 1.807) is 38.4 Å². The van der Waals surface area contributed by atoms with Crippen LogP contribution in [0.4, 0.5) is 10.5 Å². The van der Waals surface area contributed by atoms with Gasteiger partial charge in [0.1, 0.15) is 0 Å². The van der Waals surface area contributed by atoms with Gasteiger partial charge in [-0.25, -0.2) is 4.79 Å². The molecule has 1 aromatic carbocycles. The molecule has 1 aliphatic rings. The van der Waals surface area contributed by atoms with Crippen LogP contribution in [0.5, 0.6) is 0 Å². The number of likely N-dealkylation sites (tertiary alicyclic amines) is 1. The Morgan fingerprint density at radius 3 is 2.65 bits per heavy atom. The van der Waals surface area contributed by atoms with Crippen LogP contribution < -0.4 is 11.1 Å². The van der Waals surface area contributed by atoms with Gasteiger partial charge in [-0.2, -0.15) is 0 Å². The third kappa shape index (κ3) is 4.01. The van der Waals surface area contributed by atoms with Crippen molar-refractivity contribution in [3.05, 3.63) is 29.8 Å². The molecule has 0 aromatic heterocycles. The molecule has 1 aliphatic heterocycles. The number of amides is 3. The number of nitrogens with one attached hydrogen (secondary N) is 1. The zero-order valence-corrected chi connectivity index (χ0v) is 14.3. The predicted molar refractivity (Wildman–Crippen MR) is 91.4 cm³/mol. The number of hydrogen-bond donors (Lipinski definition) is 2. The topological polar surface area (TPSA) is 78.7 Å². The second-order valence-electron chi connectivity index (χ2n) is 7.02. The highest BCUT2D eigenvalue weighted by Gasteiger charge is 2.35. The first-order chi connectivity index (χ1) is 10.7. The first-order valence-corrected chi connectivity index (χ1v) is 7.84. The van der Waals surface area contributed by atoms with E-state index in [1.165, 1.54) is 4.90 Å². The molecule has 126 valence electrons. The van der Waals surface area contributed by atoms with Crippen molar-refractivity contribution in [1.82, 2.24) is 9.80 Å². The van der Waals surface area contributed by atoms with Gasteiger partial charge in [-0.15, -0.1) is 0 Å². The van der Waals surface area contributed by atoms with Crippen molar-refractivity contribution in [2.45, 2.75) is 26.3 Å². The Hall–Kier alpha value is -2.08. The highest BCUT2D eigenvalue weighted by molar-refractivity contribution is 5.97. The number of benzene rings is 1. The first-order valence-electron chi connectivity index (χ1n) is 7.84. The van der Waals surface area contributed by atoms with Crippen LogP contribution >= 0.6 is 0 Å². The molecule has 0 spiro atoms. The fraction of sp³-hybridized carbons (Fsp3) is 0.529. The molecular weight excluding hydrogens is 292 g/mol. The van der Waals surface area contributed by atoms with Crippen LogP contribution in [0.25, 0.3) is 0 Å². The Balaban J connectivity index is 2.12. The third-order valence-corrected chi connectivity index (χ3v) is 4.37. The normalized spacial score (nSPS) is 20.0. The van der Waals surface area contributed by atoms with Crippen LogP contribution in [0.1, 0.15) is 30.6 Å². The van der Waals surface area contributed by atoms with E-state index >= 15 is 0 Å². The summed E-state index contributed by atoms with van der Waals surface area (Å²) in [5.74, 6) is -0.0223. The molecule has 23 heavy (non-hydrogen) atoms. The minimum atomic E-state index is -0.223. The molecule has 0 aliphatic carbocycles. The number of hydrogen-bond acceptors (Lipinski definition) is 3. The molecule has 2 rings (SSSR count). The lowest BCUT2D eigenvalue weighted by molar-refractivity contribution is 0.0533. The molecule has 3 N–H and O–H groups in total. The average molecular weight is 318 g/mol.